The molecular formula is C14H19N3O. The topological polar surface area (TPSA) is 50.1 Å². The molecule has 0 amide bonds. The molecule has 4 heteroatoms. The highest BCUT2D eigenvalue weighted by molar-refractivity contribution is 5.52. The van der Waals surface area contributed by atoms with Gasteiger partial charge in [-0.1, -0.05) is 18.2 Å². The van der Waals surface area contributed by atoms with Crippen molar-refractivity contribution >= 4 is 5.69 Å². The molecule has 18 heavy (non-hydrogen) atoms. The van der Waals surface area contributed by atoms with Crippen LogP contribution in [0.25, 0.3) is 0 Å². The molecule has 1 atom stereocenters. The van der Waals surface area contributed by atoms with Gasteiger partial charge in [0.15, 0.2) is 0 Å². The second kappa shape index (κ2) is 5.23. The van der Waals surface area contributed by atoms with Crippen molar-refractivity contribution in [3.8, 4) is 0 Å². The number of benzene rings is 1. The Balaban J connectivity index is 2.13. The Kier molecular flexibility index (Phi) is 3.67. The summed E-state index contributed by atoms with van der Waals surface area (Å²) in [5, 5.41) is 17.3. The first-order chi connectivity index (χ1) is 8.59. The van der Waals surface area contributed by atoms with Crippen molar-refractivity contribution in [1.82, 2.24) is 9.78 Å². The number of aromatic nitrogens is 2. The number of hydrogen-bond donors (Lipinski definition) is 2. The average Bonchev–Trinajstić information content (AvgIpc) is 2.68. The summed E-state index contributed by atoms with van der Waals surface area (Å²) in [6.45, 7) is 4.53. The molecule has 0 aliphatic heterocycles. The highest BCUT2D eigenvalue weighted by atomic mass is 16.3. The SMILES string of the molecule is Cc1c(CNc2ccccc2C(C)O)cnn1C. The van der Waals surface area contributed by atoms with Gasteiger partial charge in [0.1, 0.15) is 0 Å². The molecule has 1 aromatic carbocycles. The fourth-order valence-electron chi connectivity index (χ4n) is 1.93. The Morgan fingerprint density at radius 1 is 1.39 bits per heavy atom. The first-order valence-electron chi connectivity index (χ1n) is 6.08. The zero-order valence-electron chi connectivity index (χ0n) is 11.0. The molecule has 1 unspecified atom stereocenters. The van der Waals surface area contributed by atoms with Gasteiger partial charge in [-0.2, -0.15) is 5.10 Å². The molecule has 4 nitrogen and oxygen atoms in total. The number of para-hydroxylation sites is 1. The average molecular weight is 245 g/mol. The summed E-state index contributed by atoms with van der Waals surface area (Å²) in [4.78, 5) is 0. The minimum Gasteiger partial charge on any atom is -0.389 e. The molecule has 0 spiro atoms. The maximum atomic E-state index is 9.70. The van der Waals surface area contributed by atoms with Gasteiger partial charge in [0.2, 0.25) is 0 Å². The Hall–Kier alpha value is -1.81. The molecule has 0 aliphatic carbocycles. The van der Waals surface area contributed by atoms with Crippen LogP contribution in [-0.2, 0) is 13.6 Å². The van der Waals surface area contributed by atoms with E-state index in [2.05, 4.69) is 10.4 Å². The summed E-state index contributed by atoms with van der Waals surface area (Å²) in [5.74, 6) is 0. The Morgan fingerprint density at radius 3 is 2.72 bits per heavy atom. The Morgan fingerprint density at radius 2 is 2.11 bits per heavy atom. The normalized spacial score (nSPS) is 12.4. The van der Waals surface area contributed by atoms with E-state index < -0.39 is 6.10 Å². The number of rotatable bonds is 4. The van der Waals surface area contributed by atoms with Crippen molar-refractivity contribution in [3.63, 3.8) is 0 Å². The summed E-state index contributed by atoms with van der Waals surface area (Å²) in [6, 6.07) is 7.81. The molecule has 96 valence electrons. The van der Waals surface area contributed by atoms with E-state index in [0.29, 0.717) is 6.54 Å². The molecule has 0 fully saturated rings. The quantitative estimate of drug-likeness (QED) is 0.869. The van der Waals surface area contributed by atoms with Gasteiger partial charge >= 0.3 is 0 Å². The van der Waals surface area contributed by atoms with Gasteiger partial charge in [-0.25, -0.2) is 0 Å². The Labute approximate surface area is 107 Å². The van der Waals surface area contributed by atoms with Crippen molar-refractivity contribution in [2.24, 2.45) is 7.05 Å². The number of aliphatic hydroxyl groups excluding tert-OH is 1. The summed E-state index contributed by atoms with van der Waals surface area (Å²) < 4.78 is 1.86. The predicted molar refractivity (Wildman–Crippen MR) is 72.3 cm³/mol. The van der Waals surface area contributed by atoms with Gasteiger partial charge in [0.05, 0.1) is 12.3 Å². The number of nitrogens with zero attached hydrogens (tertiary/aromatic N) is 2. The number of nitrogens with one attached hydrogen (secondary N) is 1. The van der Waals surface area contributed by atoms with Gasteiger partial charge in [-0.05, 0) is 19.9 Å². The molecule has 1 heterocycles. The third kappa shape index (κ3) is 2.54. The summed E-state index contributed by atoms with van der Waals surface area (Å²) in [7, 11) is 1.93. The summed E-state index contributed by atoms with van der Waals surface area (Å²) in [6.07, 6.45) is 1.40. The fraction of sp³-hybridized carbons (Fsp3) is 0.357. The third-order valence-electron chi connectivity index (χ3n) is 3.22. The van der Waals surface area contributed by atoms with E-state index in [0.717, 1.165) is 22.5 Å². The van der Waals surface area contributed by atoms with Crippen molar-refractivity contribution in [1.29, 1.82) is 0 Å². The van der Waals surface area contributed by atoms with E-state index in [4.69, 9.17) is 0 Å². The van der Waals surface area contributed by atoms with Crippen LogP contribution in [0, 0.1) is 6.92 Å². The molecule has 2 N–H and O–H groups in total. The maximum absolute atomic E-state index is 9.70. The van der Waals surface area contributed by atoms with Gasteiger partial charge in [0.25, 0.3) is 0 Å². The van der Waals surface area contributed by atoms with E-state index in [1.807, 2.05) is 49.1 Å². The van der Waals surface area contributed by atoms with Crippen LogP contribution >= 0.6 is 0 Å². The lowest BCUT2D eigenvalue weighted by Gasteiger charge is -2.13. The van der Waals surface area contributed by atoms with E-state index >= 15 is 0 Å². The molecule has 0 saturated heterocycles. The number of hydrogen-bond acceptors (Lipinski definition) is 3. The number of aryl methyl sites for hydroxylation is 1. The first-order valence-corrected chi connectivity index (χ1v) is 6.08. The lowest BCUT2D eigenvalue weighted by Crippen LogP contribution is -2.05. The van der Waals surface area contributed by atoms with Crippen LogP contribution in [0.5, 0.6) is 0 Å². The van der Waals surface area contributed by atoms with Crippen LogP contribution in [0.4, 0.5) is 5.69 Å². The zero-order valence-corrected chi connectivity index (χ0v) is 11.0. The van der Waals surface area contributed by atoms with Crippen LogP contribution in [0.3, 0.4) is 0 Å². The van der Waals surface area contributed by atoms with E-state index in [-0.39, 0.29) is 0 Å². The van der Waals surface area contributed by atoms with E-state index in [1.54, 1.807) is 6.92 Å². The zero-order chi connectivity index (χ0) is 13.1. The van der Waals surface area contributed by atoms with E-state index in [9.17, 15) is 5.11 Å². The summed E-state index contributed by atoms with van der Waals surface area (Å²) >= 11 is 0. The lowest BCUT2D eigenvalue weighted by atomic mass is 10.1. The molecule has 0 saturated carbocycles. The molecule has 1 aromatic heterocycles. The van der Waals surface area contributed by atoms with Crippen molar-refractivity contribution in [2.75, 3.05) is 5.32 Å². The second-order valence-electron chi connectivity index (χ2n) is 4.50. The predicted octanol–water partition coefficient (Wildman–Crippen LogP) is 2.39. The van der Waals surface area contributed by atoms with Crippen LogP contribution in [0.1, 0.15) is 29.8 Å². The minimum atomic E-state index is -0.469. The van der Waals surface area contributed by atoms with Crippen LogP contribution < -0.4 is 5.32 Å². The third-order valence-corrected chi connectivity index (χ3v) is 3.22. The van der Waals surface area contributed by atoms with Crippen molar-refractivity contribution in [3.05, 3.63) is 47.3 Å². The van der Waals surface area contributed by atoms with Crippen LogP contribution in [0.2, 0.25) is 0 Å². The van der Waals surface area contributed by atoms with Crippen LogP contribution in [0.15, 0.2) is 30.5 Å². The van der Waals surface area contributed by atoms with Gasteiger partial charge in [-0.15, -0.1) is 0 Å². The van der Waals surface area contributed by atoms with Gasteiger partial charge < -0.3 is 10.4 Å². The molecule has 0 radical (unpaired) electrons. The Bertz CT molecular complexity index is 532. The first kappa shape index (κ1) is 12.6. The maximum Gasteiger partial charge on any atom is 0.0781 e. The molecular weight excluding hydrogens is 226 g/mol. The highest BCUT2D eigenvalue weighted by Gasteiger charge is 2.08. The molecule has 2 rings (SSSR count). The fourth-order valence-corrected chi connectivity index (χ4v) is 1.93. The molecule has 0 bridgehead atoms. The van der Waals surface area contributed by atoms with Gasteiger partial charge in [-0.3, -0.25) is 4.68 Å². The molecule has 0 aliphatic rings. The van der Waals surface area contributed by atoms with E-state index in [1.165, 1.54) is 0 Å². The van der Waals surface area contributed by atoms with Crippen molar-refractivity contribution in [2.45, 2.75) is 26.5 Å². The monoisotopic (exact) mass is 245 g/mol. The standard InChI is InChI=1S/C14H19N3O/c1-10-12(9-16-17(10)3)8-15-14-7-5-4-6-13(14)11(2)18/h4-7,9,11,15,18H,8H2,1-3H3. The number of anilines is 1. The molecule has 2 aromatic rings. The van der Waals surface area contributed by atoms with Crippen molar-refractivity contribution < 1.29 is 5.11 Å². The smallest absolute Gasteiger partial charge is 0.0781 e. The minimum absolute atomic E-state index is 0.469. The second-order valence-corrected chi connectivity index (χ2v) is 4.50. The number of aliphatic hydroxyl groups is 1. The summed E-state index contributed by atoms with van der Waals surface area (Å²) in [5.41, 5.74) is 4.20. The highest BCUT2D eigenvalue weighted by Crippen LogP contribution is 2.23. The van der Waals surface area contributed by atoms with Crippen LogP contribution in [-0.4, -0.2) is 14.9 Å². The lowest BCUT2D eigenvalue weighted by molar-refractivity contribution is 0.200. The largest absolute Gasteiger partial charge is 0.389 e. The van der Waals surface area contributed by atoms with Gasteiger partial charge in [0, 0.05) is 36.1 Å².